The van der Waals surface area contributed by atoms with Gasteiger partial charge in [0.1, 0.15) is 17.3 Å². The standard InChI is InChI=1S/C21H25N3O5S2/c1-3-7-24-18-5-4-16(31(26,27)23-8-10-28-11-9-23)13-17(18)22-19(24)14-29-21(25)20-15(2)6-12-30-20/h4-6,12-13H,3,7-11,14H2,1-2H3. The van der Waals surface area contributed by atoms with E-state index in [1.54, 1.807) is 18.2 Å². The van der Waals surface area contributed by atoms with Crippen LogP contribution in [0.25, 0.3) is 11.0 Å². The van der Waals surface area contributed by atoms with Crippen molar-refractivity contribution in [3.8, 4) is 0 Å². The molecule has 1 saturated heterocycles. The third kappa shape index (κ3) is 4.38. The minimum atomic E-state index is -3.61. The number of rotatable bonds is 7. The first-order valence-electron chi connectivity index (χ1n) is 10.2. The van der Waals surface area contributed by atoms with E-state index in [9.17, 15) is 13.2 Å². The summed E-state index contributed by atoms with van der Waals surface area (Å²) in [5.41, 5.74) is 2.28. The summed E-state index contributed by atoms with van der Waals surface area (Å²) in [7, 11) is -3.61. The second kappa shape index (κ2) is 9.07. The first kappa shape index (κ1) is 21.9. The maximum atomic E-state index is 13.0. The van der Waals surface area contributed by atoms with Gasteiger partial charge in [-0.25, -0.2) is 18.2 Å². The van der Waals surface area contributed by atoms with Gasteiger partial charge in [0, 0.05) is 19.6 Å². The van der Waals surface area contributed by atoms with Gasteiger partial charge >= 0.3 is 5.97 Å². The monoisotopic (exact) mass is 463 g/mol. The molecule has 0 radical (unpaired) electrons. The number of sulfonamides is 1. The van der Waals surface area contributed by atoms with Crippen LogP contribution in [0.15, 0.2) is 34.5 Å². The normalized spacial score (nSPS) is 15.4. The Bertz CT molecular complexity index is 1190. The van der Waals surface area contributed by atoms with Crippen LogP contribution in [0.3, 0.4) is 0 Å². The fraction of sp³-hybridized carbons (Fsp3) is 0.429. The molecule has 0 aliphatic carbocycles. The van der Waals surface area contributed by atoms with Gasteiger partial charge in [-0.15, -0.1) is 11.3 Å². The summed E-state index contributed by atoms with van der Waals surface area (Å²) < 4.78 is 40.2. The fourth-order valence-electron chi connectivity index (χ4n) is 3.62. The zero-order valence-corrected chi connectivity index (χ0v) is 19.2. The number of hydrogen-bond acceptors (Lipinski definition) is 7. The van der Waals surface area contributed by atoms with Crippen LogP contribution in [0.2, 0.25) is 0 Å². The largest absolute Gasteiger partial charge is 0.453 e. The van der Waals surface area contributed by atoms with Gasteiger partial charge in [0.15, 0.2) is 0 Å². The molecule has 0 N–H and O–H groups in total. The molecule has 3 heterocycles. The number of morpholine rings is 1. The van der Waals surface area contributed by atoms with Crippen molar-refractivity contribution in [2.45, 2.75) is 38.3 Å². The van der Waals surface area contributed by atoms with E-state index in [2.05, 4.69) is 4.98 Å². The Labute approximate surface area is 185 Å². The Kier molecular flexibility index (Phi) is 6.42. The first-order valence-corrected chi connectivity index (χ1v) is 12.5. The molecule has 1 fully saturated rings. The van der Waals surface area contributed by atoms with Crippen LogP contribution in [0.5, 0.6) is 0 Å². The van der Waals surface area contributed by atoms with Crippen molar-refractivity contribution < 1.29 is 22.7 Å². The van der Waals surface area contributed by atoms with E-state index in [0.717, 1.165) is 17.5 Å². The minimum absolute atomic E-state index is 0.0242. The number of fused-ring (bicyclic) bond motifs is 1. The maximum Gasteiger partial charge on any atom is 0.349 e. The van der Waals surface area contributed by atoms with Crippen molar-refractivity contribution in [2.24, 2.45) is 0 Å². The van der Waals surface area contributed by atoms with Gasteiger partial charge in [-0.2, -0.15) is 4.31 Å². The number of benzene rings is 1. The second-order valence-electron chi connectivity index (χ2n) is 7.36. The quantitative estimate of drug-likeness (QED) is 0.500. The number of aryl methyl sites for hydroxylation is 2. The molecule has 0 atom stereocenters. The molecular formula is C21H25N3O5S2. The SMILES string of the molecule is CCCn1c(COC(=O)c2sccc2C)nc2cc(S(=O)(=O)N3CCOCC3)ccc21. The number of nitrogens with zero attached hydrogens (tertiary/aromatic N) is 3. The van der Waals surface area contributed by atoms with Gasteiger partial charge in [-0.1, -0.05) is 6.92 Å². The number of thiophene rings is 1. The topological polar surface area (TPSA) is 90.7 Å². The number of esters is 1. The molecule has 3 aromatic rings. The lowest BCUT2D eigenvalue weighted by Crippen LogP contribution is -2.40. The van der Waals surface area contributed by atoms with E-state index in [0.29, 0.717) is 49.1 Å². The summed E-state index contributed by atoms with van der Waals surface area (Å²) in [5.74, 6) is 0.221. The van der Waals surface area contributed by atoms with E-state index in [-0.39, 0.29) is 17.5 Å². The molecule has 2 aromatic heterocycles. The molecule has 0 spiro atoms. The highest BCUT2D eigenvalue weighted by Crippen LogP contribution is 2.25. The molecule has 0 amide bonds. The number of imidazole rings is 1. The van der Waals surface area contributed by atoms with Crippen LogP contribution < -0.4 is 0 Å². The number of ether oxygens (including phenoxy) is 2. The van der Waals surface area contributed by atoms with Crippen LogP contribution >= 0.6 is 11.3 Å². The average molecular weight is 464 g/mol. The van der Waals surface area contributed by atoms with Gasteiger partial charge in [0.2, 0.25) is 10.0 Å². The Balaban J connectivity index is 1.62. The predicted octanol–water partition coefficient (Wildman–Crippen LogP) is 3.19. The summed E-state index contributed by atoms with van der Waals surface area (Å²) in [5, 5.41) is 1.86. The Morgan fingerprint density at radius 1 is 1.26 bits per heavy atom. The van der Waals surface area contributed by atoms with E-state index in [1.165, 1.54) is 15.6 Å². The summed E-state index contributed by atoms with van der Waals surface area (Å²) in [6.07, 6.45) is 0.865. The lowest BCUT2D eigenvalue weighted by molar-refractivity contribution is 0.0463. The molecule has 31 heavy (non-hydrogen) atoms. The molecule has 10 heteroatoms. The van der Waals surface area contributed by atoms with Crippen LogP contribution in [0, 0.1) is 6.92 Å². The highest BCUT2D eigenvalue weighted by molar-refractivity contribution is 7.89. The van der Waals surface area contributed by atoms with Crippen molar-refractivity contribution in [3.63, 3.8) is 0 Å². The van der Waals surface area contributed by atoms with Crippen molar-refractivity contribution in [1.82, 2.24) is 13.9 Å². The van der Waals surface area contributed by atoms with Crippen LogP contribution in [-0.2, 0) is 32.6 Å². The zero-order chi connectivity index (χ0) is 22.0. The minimum Gasteiger partial charge on any atom is -0.453 e. The van der Waals surface area contributed by atoms with Crippen molar-refractivity contribution in [3.05, 3.63) is 45.9 Å². The maximum absolute atomic E-state index is 13.0. The van der Waals surface area contributed by atoms with Gasteiger partial charge in [-0.3, -0.25) is 0 Å². The zero-order valence-electron chi connectivity index (χ0n) is 17.5. The number of aromatic nitrogens is 2. The Hall–Kier alpha value is -2.27. The predicted molar refractivity (Wildman–Crippen MR) is 118 cm³/mol. The van der Waals surface area contributed by atoms with E-state index < -0.39 is 10.0 Å². The second-order valence-corrected chi connectivity index (χ2v) is 10.2. The third-order valence-corrected chi connectivity index (χ3v) is 8.12. The van der Waals surface area contributed by atoms with Gasteiger partial charge in [-0.05, 0) is 48.6 Å². The summed E-state index contributed by atoms with van der Waals surface area (Å²) >= 11 is 1.35. The molecule has 1 aliphatic rings. The van der Waals surface area contributed by atoms with Crippen LogP contribution in [0.1, 0.15) is 34.4 Å². The molecule has 0 unspecified atom stereocenters. The van der Waals surface area contributed by atoms with Crippen LogP contribution in [-0.4, -0.2) is 54.5 Å². The highest BCUT2D eigenvalue weighted by Gasteiger charge is 2.27. The van der Waals surface area contributed by atoms with Gasteiger partial charge in [0.25, 0.3) is 0 Å². The van der Waals surface area contributed by atoms with E-state index >= 15 is 0 Å². The molecule has 4 rings (SSSR count). The number of carbonyl (C=O) groups excluding carboxylic acids is 1. The molecule has 166 valence electrons. The molecule has 0 saturated carbocycles. The number of hydrogen-bond donors (Lipinski definition) is 0. The highest BCUT2D eigenvalue weighted by atomic mass is 32.2. The first-order chi connectivity index (χ1) is 14.9. The molecular weight excluding hydrogens is 438 g/mol. The van der Waals surface area contributed by atoms with Crippen molar-refractivity contribution in [1.29, 1.82) is 0 Å². The number of carbonyl (C=O) groups is 1. The lowest BCUT2D eigenvalue weighted by atomic mass is 10.3. The van der Waals surface area contributed by atoms with E-state index in [4.69, 9.17) is 9.47 Å². The molecule has 8 nitrogen and oxygen atoms in total. The molecule has 1 aromatic carbocycles. The Morgan fingerprint density at radius 2 is 2.03 bits per heavy atom. The van der Waals surface area contributed by atoms with Gasteiger partial charge in [0.05, 0.1) is 29.1 Å². The Morgan fingerprint density at radius 3 is 2.71 bits per heavy atom. The average Bonchev–Trinajstić information content (AvgIpc) is 3.36. The lowest BCUT2D eigenvalue weighted by Gasteiger charge is -2.26. The smallest absolute Gasteiger partial charge is 0.349 e. The summed E-state index contributed by atoms with van der Waals surface area (Å²) in [6, 6.07) is 6.87. The fourth-order valence-corrected chi connectivity index (χ4v) is 5.86. The van der Waals surface area contributed by atoms with Gasteiger partial charge < -0.3 is 14.0 Å². The third-order valence-electron chi connectivity index (χ3n) is 5.23. The van der Waals surface area contributed by atoms with Crippen molar-refractivity contribution >= 4 is 38.4 Å². The molecule has 1 aliphatic heterocycles. The van der Waals surface area contributed by atoms with E-state index in [1.807, 2.05) is 29.9 Å². The molecule has 0 bridgehead atoms. The summed E-state index contributed by atoms with van der Waals surface area (Å²) in [6.45, 7) is 6.11. The van der Waals surface area contributed by atoms with Crippen molar-refractivity contribution in [2.75, 3.05) is 26.3 Å². The summed E-state index contributed by atoms with van der Waals surface area (Å²) in [4.78, 5) is 17.8. The van der Waals surface area contributed by atoms with Crippen LogP contribution in [0.4, 0.5) is 0 Å².